The van der Waals surface area contributed by atoms with Crippen LogP contribution in [-0.4, -0.2) is 29.8 Å². The Labute approximate surface area is 159 Å². The molecule has 2 rings (SSSR count). The van der Waals surface area contributed by atoms with Gasteiger partial charge in [-0.25, -0.2) is 9.98 Å². The van der Waals surface area contributed by atoms with Crippen molar-refractivity contribution < 1.29 is 4.74 Å². The zero-order valence-electron chi connectivity index (χ0n) is 15.6. The molecule has 5 heteroatoms. The molecule has 0 N–H and O–H groups in total. The Morgan fingerprint density at radius 2 is 2.04 bits per heavy atom. The number of pyridine rings is 1. The van der Waals surface area contributed by atoms with Gasteiger partial charge in [-0.1, -0.05) is 38.1 Å². The molecule has 134 valence electrons. The predicted molar refractivity (Wildman–Crippen MR) is 108 cm³/mol. The fourth-order valence-corrected chi connectivity index (χ4v) is 2.82. The van der Waals surface area contributed by atoms with Crippen molar-refractivity contribution in [3.05, 3.63) is 51.6 Å². The molecule has 2 aromatic rings. The highest BCUT2D eigenvalue weighted by atomic mass is 79.9. The van der Waals surface area contributed by atoms with Crippen LogP contribution in [0.4, 0.5) is 5.69 Å². The molecule has 0 saturated heterocycles. The fraction of sp³-hybridized carbons (Fsp3) is 0.400. The maximum atomic E-state index is 5.98. The highest BCUT2D eigenvalue weighted by molar-refractivity contribution is 9.10. The number of nitrogens with zero attached hydrogens (tertiary/aromatic N) is 3. The van der Waals surface area contributed by atoms with Crippen LogP contribution in [0.3, 0.4) is 0 Å². The summed E-state index contributed by atoms with van der Waals surface area (Å²) >= 11 is 3.55. The highest BCUT2D eigenvalue weighted by Gasteiger charge is 2.11. The number of aryl methyl sites for hydroxylation is 1. The summed E-state index contributed by atoms with van der Waals surface area (Å²) in [7, 11) is 1.99. The number of ether oxygens (including phenoxy) is 1. The van der Waals surface area contributed by atoms with Crippen molar-refractivity contribution in [3.63, 3.8) is 0 Å². The third kappa shape index (κ3) is 5.30. The molecule has 1 aromatic carbocycles. The van der Waals surface area contributed by atoms with Gasteiger partial charge in [-0.3, -0.25) is 0 Å². The van der Waals surface area contributed by atoms with Gasteiger partial charge in [-0.05, 0) is 52.9 Å². The van der Waals surface area contributed by atoms with Gasteiger partial charge in [0.25, 0.3) is 0 Å². The van der Waals surface area contributed by atoms with Crippen molar-refractivity contribution in [2.75, 3.05) is 13.6 Å². The summed E-state index contributed by atoms with van der Waals surface area (Å²) in [5.74, 6) is 1.06. The second-order valence-electron chi connectivity index (χ2n) is 6.34. The van der Waals surface area contributed by atoms with Crippen LogP contribution >= 0.6 is 15.9 Å². The van der Waals surface area contributed by atoms with E-state index in [1.165, 1.54) is 11.1 Å². The van der Waals surface area contributed by atoms with Crippen LogP contribution in [0, 0.1) is 6.92 Å². The molecule has 0 aliphatic rings. The lowest BCUT2D eigenvalue weighted by molar-refractivity contribution is 0.289. The topological polar surface area (TPSA) is 37.7 Å². The Bertz CT molecular complexity index is 744. The summed E-state index contributed by atoms with van der Waals surface area (Å²) in [5, 5.41) is 0. The van der Waals surface area contributed by atoms with Crippen molar-refractivity contribution in [1.29, 1.82) is 0 Å². The maximum Gasteiger partial charge on any atom is 0.228 e. The number of rotatable bonds is 7. The standard InChI is InChI=1S/C20H26BrN3O/c1-6-24(5)13-22-19-11-18(21)20(23-15(19)4)25-12-16-9-7-8-10-17(16)14(2)3/h7-11,13-14H,6,12H2,1-5H3. The third-order valence-corrected chi connectivity index (χ3v) is 4.61. The minimum absolute atomic E-state index is 0.463. The van der Waals surface area contributed by atoms with Crippen molar-refractivity contribution in [1.82, 2.24) is 9.88 Å². The first-order valence-corrected chi connectivity index (χ1v) is 9.33. The average Bonchev–Trinajstić information content (AvgIpc) is 2.60. The van der Waals surface area contributed by atoms with Crippen LogP contribution in [0.2, 0.25) is 0 Å². The molecule has 0 saturated carbocycles. The van der Waals surface area contributed by atoms with Crippen LogP contribution in [0.1, 0.15) is 43.5 Å². The lowest BCUT2D eigenvalue weighted by atomic mass is 9.98. The quantitative estimate of drug-likeness (QED) is 0.454. The van der Waals surface area contributed by atoms with E-state index in [1.807, 2.05) is 37.3 Å². The minimum Gasteiger partial charge on any atom is -0.472 e. The van der Waals surface area contributed by atoms with Gasteiger partial charge in [0.15, 0.2) is 0 Å². The number of aromatic nitrogens is 1. The van der Waals surface area contributed by atoms with Crippen LogP contribution in [0.15, 0.2) is 39.8 Å². The van der Waals surface area contributed by atoms with Gasteiger partial charge in [-0.15, -0.1) is 0 Å². The summed E-state index contributed by atoms with van der Waals surface area (Å²) in [5.41, 5.74) is 4.17. The van der Waals surface area contributed by atoms with E-state index in [4.69, 9.17) is 4.74 Å². The molecule has 0 fully saturated rings. The Morgan fingerprint density at radius 1 is 1.32 bits per heavy atom. The van der Waals surface area contributed by atoms with Gasteiger partial charge < -0.3 is 9.64 Å². The molecule has 1 heterocycles. The van der Waals surface area contributed by atoms with E-state index in [2.05, 4.69) is 64.9 Å². The Hall–Kier alpha value is -1.88. The lowest BCUT2D eigenvalue weighted by Gasteiger charge is -2.14. The van der Waals surface area contributed by atoms with E-state index in [0.29, 0.717) is 18.4 Å². The first-order chi connectivity index (χ1) is 11.9. The van der Waals surface area contributed by atoms with Crippen LogP contribution in [0.5, 0.6) is 5.88 Å². The van der Waals surface area contributed by atoms with Gasteiger partial charge in [0.05, 0.1) is 22.2 Å². The number of halogens is 1. The number of aliphatic imine (C=N–C) groups is 1. The maximum absolute atomic E-state index is 5.98. The van der Waals surface area contributed by atoms with E-state index in [0.717, 1.165) is 22.4 Å². The minimum atomic E-state index is 0.463. The molecular weight excluding hydrogens is 378 g/mol. The molecule has 0 bridgehead atoms. The van der Waals surface area contributed by atoms with Gasteiger partial charge >= 0.3 is 0 Å². The third-order valence-electron chi connectivity index (χ3n) is 4.04. The summed E-state index contributed by atoms with van der Waals surface area (Å²) in [6.07, 6.45) is 1.82. The summed E-state index contributed by atoms with van der Waals surface area (Å²) in [6.45, 7) is 9.82. The number of benzene rings is 1. The Morgan fingerprint density at radius 3 is 2.72 bits per heavy atom. The molecule has 0 aliphatic carbocycles. The van der Waals surface area contributed by atoms with Crippen LogP contribution in [0.25, 0.3) is 0 Å². The molecule has 1 aromatic heterocycles. The molecular formula is C20H26BrN3O. The van der Waals surface area contributed by atoms with E-state index in [9.17, 15) is 0 Å². The smallest absolute Gasteiger partial charge is 0.228 e. The van der Waals surface area contributed by atoms with Gasteiger partial charge in [0.1, 0.15) is 6.61 Å². The number of hydrogen-bond donors (Lipinski definition) is 0. The first kappa shape index (κ1) is 19.4. The van der Waals surface area contributed by atoms with Gasteiger partial charge in [0.2, 0.25) is 5.88 Å². The fourth-order valence-electron chi connectivity index (χ4n) is 2.40. The zero-order chi connectivity index (χ0) is 18.4. The van der Waals surface area contributed by atoms with E-state index < -0.39 is 0 Å². The normalized spacial score (nSPS) is 11.3. The second-order valence-corrected chi connectivity index (χ2v) is 7.19. The van der Waals surface area contributed by atoms with Crippen molar-refractivity contribution in [3.8, 4) is 5.88 Å². The van der Waals surface area contributed by atoms with E-state index >= 15 is 0 Å². The average molecular weight is 404 g/mol. The molecule has 0 amide bonds. The van der Waals surface area contributed by atoms with Gasteiger partial charge in [-0.2, -0.15) is 0 Å². The van der Waals surface area contributed by atoms with Crippen molar-refractivity contribution in [2.45, 2.75) is 40.2 Å². The Balaban J connectivity index is 2.16. The molecule has 25 heavy (non-hydrogen) atoms. The zero-order valence-corrected chi connectivity index (χ0v) is 17.2. The first-order valence-electron chi connectivity index (χ1n) is 8.54. The molecule has 0 radical (unpaired) electrons. The monoisotopic (exact) mass is 403 g/mol. The second kappa shape index (κ2) is 8.99. The number of hydrogen-bond acceptors (Lipinski definition) is 3. The molecule has 0 unspecified atom stereocenters. The van der Waals surface area contributed by atoms with E-state index in [1.54, 1.807) is 0 Å². The predicted octanol–water partition coefficient (Wildman–Crippen LogP) is 5.47. The van der Waals surface area contributed by atoms with Crippen molar-refractivity contribution in [2.24, 2.45) is 4.99 Å². The largest absolute Gasteiger partial charge is 0.472 e. The lowest BCUT2D eigenvalue weighted by Crippen LogP contribution is -2.14. The molecule has 0 spiro atoms. The van der Waals surface area contributed by atoms with Crippen LogP contribution < -0.4 is 4.74 Å². The molecule has 4 nitrogen and oxygen atoms in total. The summed E-state index contributed by atoms with van der Waals surface area (Å²) in [4.78, 5) is 11.1. The Kier molecular flexibility index (Phi) is 7.00. The summed E-state index contributed by atoms with van der Waals surface area (Å²) < 4.78 is 6.79. The summed E-state index contributed by atoms with van der Waals surface area (Å²) in [6, 6.07) is 10.3. The van der Waals surface area contributed by atoms with E-state index in [-0.39, 0.29) is 0 Å². The SMILES string of the molecule is CCN(C)C=Nc1cc(Br)c(OCc2ccccc2C(C)C)nc1C. The van der Waals surface area contributed by atoms with Gasteiger partial charge in [0, 0.05) is 13.6 Å². The molecule has 0 aliphatic heterocycles. The van der Waals surface area contributed by atoms with Crippen LogP contribution in [-0.2, 0) is 6.61 Å². The highest BCUT2D eigenvalue weighted by Crippen LogP contribution is 2.30. The van der Waals surface area contributed by atoms with Crippen molar-refractivity contribution >= 4 is 28.0 Å². The molecule has 0 atom stereocenters.